The van der Waals surface area contributed by atoms with Crippen molar-refractivity contribution >= 4 is 39.1 Å². The van der Waals surface area contributed by atoms with Crippen LogP contribution in [0.5, 0.6) is 11.5 Å². The van der Waals surface area contributed by atoms with Gasteiger partial charge in [0.15, 0.2) is 0 Å². The number of methoxy groups -OCH3 is 2. The minimum Gasteiger partial charge on any atom is -0.497 e. The molecular weight excluding hydrogens is 508 g/mol. The highest BCUT2D eigenvalue weighted by Gasteiger charge is 2.30. The van der Waals surface area contributed by atoms with Crippen LogP contribution in [0.1, 0.15) is 0 Å². The van der Waals surface area contributed by atoms with Crippen molar-refractivity contribution < 1.29 is 22.7 Å². The van der Waals surface area contributed by atoms with Crippen molar-refractivity contribution in [1.29, 1.82) is 0 Å². The molecule has 9 heteroatoms. The summed E-state index contributed by atoms with van der Waals surface area (Å²) in [5, 5.41) is 2.88. The maximum Gasteiger partial charge on any atom is 0.264 e. The Morgan fingerprint density at radius 1 is 0.838 bits per heavy atom. The van der Waals surface area contributed by atoms with Gasteiger partial charge in [0.05, 0.1) is 30.5 Å². The van der Waals surface area contributed by atoms with Gasteiger partial charge >= 0.3 is 0 Å². The number of sulfonamides is 1. The summed E-state index contributed by atoms with van der Waals surface area (Å²) >= 11 is 1.50. The van der Waals surface area contributed by atoms with Crippen molar-refractivity contribution in [2.45, 2.75) is 14.7 Å². The number of nitrogens with zero attached hydrogens (tertiary/aromatic N) is 1. The molecule has 190 valence electrons. The number of hydrogen-bond acceptors (Lipinski definition) is 6. The van der Waals surface area contributed by atoms with E-state index in [2.05, 4.69) is 5.32 Å². The molecule has 0 aromatic heterocycles. The molecule has 1 N–H and O–H groups in total. The summed E-state index contributed by atoms with van der Waals surface area (Å²) in [6.45, 7) is -0.468. The van der Waals surface area contributed by atoms with Gasteiger partial charge in [0.25, 0.3) is 10.0 Å². The number of ether oxygens (including phenoxy) is 2. The number of carbonyl (C=O) groups excluding carboxylic acids is 1. The largest absolute Gasteiger partial charge is 0.497 e. The van der Waals surface area contributed by atoms with Crippen LogP contribution < -0.4 is 19.1 Å². The van der Waals surface area contributed by atoms with Crippen LogP contribution in [0.2, 0.25) is 0 Å². The van der Waals surface area contributed by atoms with Crippen molar-refractivity contribution in [3.8, 4) is 11.5 Å². The highest BCUT2D eigenvalue weighted by atomic mass is 32.2. The van der Waals surface area contributed by atoms with Gasteiger partial charge in [-0.3, -0.25) is 9.10 Å². The molecule has 0 aliphatic rings. The van der Waals surface area contributed by atoms with Gasteiger partial charge in [-0.15, -0.1) is 0 Å². The minimum absolute atomic E-state index is 0.0562. The Balaban J connectivity index is 1.67. The third-order valence-electron chi connectivity index (χ3n) is 5.41. The van der Waals surface area contributed by atoms with E-state index in [0.29, 0.717) is 11.4 Å². The normalized spacial score (nSPS) is 11.0. The molecule has 7 nitrogen and oxygen atoms in total. The molecule has 4 aromatic rings. The standard InChI is InChI=1S/C28H26N2O5S2/c1-34-21-17-18-25(26(19-21)35-2)30(37(32,33)23-13-7-4-8-14-23)20-28(31)29-24-15-9-10-16-27(24)36-22-11-5-3-6-12-22/h3-19H,20H2,1-2H3,(H,29,31). The van der Waals surface area contributed by atoms with E-state index >= 15 is 0 Å². The smallest absolute Gasteiger partial charge is 0.264 e. The molecule has 0 aliphatic heterocycles. The molecule has 1 amide bonds. The molecule has 4 aromatic carbocycles. The molecule has 0 atom stereocenters. The lowest BCUT2D eigenvalue weighted by atomic mass is 10.2. The first-order chi connectivity index (χ1) is 17.9. The fraction of sp³-hybridized carbons (Fsp3) is 0.107. The zero-order chi connectivity index (χ0) is 26.3. The first-order valence-corrected chi connectivity index (χ1v) is 13.6. The molecule has 0 unspecified atom stereocenters. The van der Waals surface area contributed by atoms with E-state index in [1.54, 1.807) is 42.5 Å². The van der Waals surface area contributed by atoms with Gasteiger partial charge in [0.2, 0.25) is 5.91 Å². The third kappa shape index (κ3) is 6.25. The zero-order valence-electron chi connectivity index (χ0n) is 20.3. The summed E-state index contributed by atoms with van der Waals surface area (Å²) < 4.78 is 39.2. The SMILES string of the molecule is COc1ccc(N(CC(=O)Nc2ccccc2Sc2ccccc2)S(=O)(=O)c2ccccc2)c(OC)c1. The molecular formula is C28H26N2O5S2. The van der Waals surface area contributed by atoms with E-state index in [9.17, 15) is 13.2 Å². The number of anilines is 2. The molecule has 0 saturated carbocycles. The average molecular weight is 535 g/mol. The fourth-order valence-electron chi connectivity index (χ4n) is 3.60. The second kappa shape index (κ2) is 11.9. The average Bonchev–Trinajstić information content (AvgIpc) is 2.93. The van der Waals surface area contributed by atoms with Gasteiger partial charge in [0.1, 0.15) is 18.0 Å². The number of nitrogens with one attached hydrogen (secondary N) is 1. The summed E-state index contributed by atoms with van der Waals surface area (Å²) in [4.78, 5) is 15.2. The van der Waals surface area contributed by atoms with Crippen LogP contribution in [0.25, 0.3) is 0 Å². The van der Waals surface area contributed by atoms with E-state index in [0.717, 1.165) is 14.1 Å². The van der Waals surface area contributed by atoms with Crippen molar-refractivity contribution in [2.24, 2.45) is 0 Å². The third-order valence-corrected chi connectivity index (χ3v) is 8.26. The van der Waals surface area contributed by atoms with Gasteiger partial charge in [0, 0.05) is 15.9 Å². The highest BCUT2D eigenvalue weighted by Crippen LogP contribution is 2.36. The lowest BCUT2D eigenvalue weighted by Gasteiger charge is -2.26. The maximum absolute atomic E-state index is 13.7. The maximum atomic E-state index is 13.7. The Morgan fingerprint density at radius 2 is 1.49 bits per heavy atom. The van der Waals surface area contributed by atoms with Gasteiger partial charge in [-0.05, 0) is 48.5 Å². The van der Waals surface area contributed by atoms with E-state index in [1.807, 2.05) is 48.5 Å². The lowest BCUT2D eigenvalue weighted by molar-refractivity contribution is -0.114. The van der Waals surface area contributed by atoms with Crippen LogP contribution >= 0.6 is 11.8 Å². The summed E-state index contributed by atoms with van der Waals surface area (Å²) in [6.07, 6.45) is 0. The predicted octanol–water partition coefficient (Wildman–Crippen LogP) is 5.69. The molecule has 4 rings (SSSR count). The lowest BCUT2D eigenvalue weighted by Crippen LogP contribution is -2.38. The first kappa shape index (κ1) is 26.1. The van der Waals surface area contributed by atoms with Crippen LogP contribution in [-0.4, -0.2) is 35.1 Å². The summed E-state index contributed by atoms with van der Waals surface area (Å²) in [5.41, 5.74) is 0.800. The summed E-state index contributed by atoms with van der Waals surface area (Å²) in [7, 11) is -1.17. The molecule has 0 fully saturated rings. The quantitative estimate of drug-likeness (QED) is 0.281. The number of hydrogen-bond donors (Lipinski definition) is 1. The number of amides is 1. The van der Waals surface area contributed by atoms with E-state index < -0.39 is 22.5 Å². The van der Waals surface area contributed by atoms with Crippen LogP contribution in [-0.2, 0) is 14.8 Å². The Bertz CT molecular complexity index is 1460. The first-order valence-electron chi connectivity index (χ1n) is 11.3. The number of carbonyl (C=O) groups is 1. The number of para-hydroxylation sites is 1. The monoisotopic (exact) mass is 534 g/mol. The molecule has 0 saturated heterocycles. The Morgan fingerprint density at radius 3 is 2.16 bits per heavy atom. The fourth-order valence-corrected chi connectivity index (χ4v) is 5.98. The number of benzene rings is 4. The highest BCUT2D eigenvalue weighted by molar-refractivity contribution is 7.99. The molecule has 0 spiro atoms. The Labute approximate surface area is 221 Å². The van der Waals surface area contributed by atoms with Crippen LogP contribution in [0.15, 0.2) is 118 Å². The van der Waals surface area contributed by atoms with Gasteiger partial charge < -0.3 is 14.8 Å². The van der Waals surface area contributed by atoms with E-state index in [1.165, 1.54) is 38.1 Å². The minimum atomic E-state index is -4.11. The van der Waals surface area contributed by atoms with E-state index in [4.69, 9.17) is 9.47 Å². The second-order valence-corrected chi connectivity index (χ2v) is 10.8. The molecule has 0 heterocycles. The summed E-state index contributed by atoms with van der Waals surface area (Å²) in [6, 6.07) is 29.9. The van der Waals surface area contributed by atoms with Crippen molar-refractivity contribution in [1.82, 2.24) is 0 Å². The molecule has 0 aliphatic carbocycles. The second-order valence-electron chi connectivity index (χ2n) is 7.82. The van der Waals surface area contributed by atoms with Crippen LogP contribution in [0.4, 0.5) is 11.4 Å². The molecule has 37 heavy (non-hydrogen) atoms. The Hall–Kier alpha value is -3.95. The zero-order valence-corrected chi connectivity index (χ0v) is 22.0. The van der Waals surface area contributed by atoms with E-state index in [-0.39, 0.29) is 16.3 Å². The predicted molar refractivity (Wildman–Crippen MR) is 146 cm³/mol. The van der Waals surface area contributed by atoms with Gasteiger partial charge in [-0.2, -0.15) is 0 Å². The van der Waals surface area contributed by atoms with Crippen molar-refractivity contribution in [3.05, 3.63) is 103 Å². The van der Waals surface area contributed by atoms with Crippen molar-refractivity contribution in [3.63, 3.8) is 0 Å². The van der Waals surface area contributed by atoms with Crippen molar-refractivity contribution in [2.75, 3.05) is 30.4 Å². The van der Waals surface area contributed by atoms with Gasteiger partial charge in [-0.1, -0.05) is 60.3 Å². The van der Waals surface area contributed by atoms with Gasteiger partial charge in [-0.25, -0.2) is 8.42 Å². The van der Waals surface area contributed by atoms with Crippen LogP contribution in [0.3, 0.4) is 0 Å². The Kier molecular flexibility index (Phi) is 8.37. The molecule has 0 bridgehead atoms. The summed E-state index contributed by atoms with van der Waals surface area (Å²) in [5.74, 6) is 0.249. The topological polar surface area (TPSA) is 84.9 Å². The molecule has 0 radical (unpaired) electrons. The number of rotatable bonds is 10. The van der Waals surface area contributed by atoms with Crippen LogP contribution in [0, 0.1) is 0 Å².